The molecule has 0 saturated carbocycles. The Labute approximate surface area is 187 Å². The quantitative estimate of drug-likeness (QED) is 0.643. The molecule has 0 bridgehead atoms. The van der Waals surface area contributed by atoms with Crippen molar-refractivity contribution in [1.82, 2.24) is 20.2 Å². The molecule has 1 aliphatic heterocycles. The van der Waals surface area contributed by atoms with Gasteiger partial charge in [-0.15, -0.1) is 0 Å². The number of methoxy groups -OCH3 is 1. The van der Waals surface area contributed by atoms with Gasteiger partial charge in [0.1, 0.15) is 0 Å². The van der Waals surface area contributed by atoms with E-state index in [1.165, 1.54) is 7.11 Å². The Morgan fingerprint density at radius 2 is 1.94 bits per heavy atom. The van der Waals surface area contributed by atoms with Gasteiger partial charge in [-0.1, -0.05) is 0 Å². The molecule has 166 valence electrons. The molecule has 32 heavy (non-hydrogen) atoms. The van der Waals surface area contributed by atoms with E-state index in [1.807, 2.05) is 24.0 Å². The molecule has 9 heteroatoms. The van der Waals surface area contributed by atoms with Crippen molar-refractivity contribution in [1.29, 1.82) is 10.7 Å². The first-order chi connectivity index (χ1) is 15.4. The number of allylic oxidation sites excluding steroid dienone is 2. The number of hydrogen-bond donors (Lipinski definition) is 2. The topological polar surface area (TPSA) is 118 Å². The van der Waals surface area contributed by atoms with Gasteiger partial charge in [0.15, 0.2) is 0 Å². The number of aromatic nitrogens is 2. The summed E-state index contributed by atoms with van der Waals surface area (Å²) in [5, 5.41) is 19.9. The number of nitriles is 1. The molecular weight excluding hydrogens is 406 g/mol. The highest BCUT2D eigenvalue weighted by Gasteiger charge is 2.23. The molecule has 2 heterocycles. The maximum absolute atomic E-state index is 12.6. The second-order valence-electron chi connectivity index (χ2n) is 7.53. The number of nitrogens with one attached hydrogen (secondary N) is 2. The second kappa shape index (κ2) is 10.4. The number of anilines is 1. The van der Waals surface area contributed by atoms with Gasteiger partial charge in [-0.05, 0) is 38.1 Å². The normalized spacial score (nSPS) is 14.0. The summed E-state index contributed by atoms with van der Waals surface area (Å²) >= 11 is 0. The van der Waals surface area contributed by atoms with Crippen LogP contribution < -0.4 is 15.0 Å². The molecule has 0 aliphatic carbocycles. The van der Waals surface area contributed by atoms with E-state index in [-0.39, 0.29) is 18.5 Å². The van der Waals surface area contributed by atoms with Crippen LogP contribution in [0.25, 0.3) is 11.1 Å². The first-order valence-corrected chi connectivity index (χ1v) is 10.3. The summed E-state index contributed by atoms with van der Waals surface area (Å²) in [7, 11) is 1.51. The Bertz CT molecular complexity index is 1050. The van der Waals surface area contributed by atoms with E-state index >= 15 is 0 Å². The zero-order valence-corrected chi connectivity index (χ0v) is 18.6. The van der Waals surface area contributed by atoms with Gasteiger partial charge in [-0.2, -0.15) is 5.26 Å². The average molecular weight is 434 g/mol. The fourth-order valence-electron chi connectivity index (χ4n) is 3.57. The number of rotatable bonds is 7. The maximum atomic E-state index is 12.6. The van der Waals surface area contributed by atoms with Gasteiger partial charge < -0.3 is 25.3 Å². The Kier molecular flexibility index (Phi) is 7.39. The minimum atomic E-state index is 0.0311. The number of carbonyl (C=O) groups is 1. The van der Waals surface area contributed by atoms with Crippen LogP contribution in [0.5, 0.6) is 6.01 Å². The van der Waals surface area contributed by atoms with Crippen molar-refractivity contribution in [3.8, 4) is 23.2 Å². The second-order valence-corrected chi connectivity index (χ2v) is 7.53. The lowest BCUT2D eigenvalue weighted by molar-refractivity contribution is -0.130. The number of benzene rings is 1. The third-order valence-electron chi connectivity index (χ3n) is 5.17. The Balaban J connectivity index is 1.70. The van der Waals surface area contributed by atoms with Crippen LogP contribution in [0.1, 0.15) is 19.4 Å². The lowest BCUT2D eigenvalue weighted by Crippen LogP contribution is -2.50. The molecular formula is C23H27N7O2. The van der Waals surface area contributed by atoms with Crippen LogP contribution in [0.3, 0.4) is 0 Å². The van der Waals surface area contributed by atoms with Crippen LogP contribution in [0.4, 0.5) is 5.69 Å². The molecule has 1 aromatic heterocycles. The van der Waals surface area contributed by atoms with Crippen molar-refractivity contribution < 1.29 is 9.53 Å². The molecule has 2 N–H and O–H groups in total. The van der Waals surface area contributed by atoms with E-state index in [1.54, 1.807) is 31.5 Å². The van der Waals surface area contributed by atoms with Crippen molar-refractivity contribution in [2.24, 2.45) is 0 Å². The number of ether oxygens (including phenoxy) is 1. The van der Waals surface area contributed by atoms with Gasteiger partial charge in [0.05, 0.1) is 25.3 Å². The summed E-state index contributed by atoms with van der Waals surface area (Å²) in [5.41, 5.74) is 4.44. The van der Waals surface area contributed by atoms with Crippen LogP contribution in [0.2, 0.25) is 0 Å². The van der Waals surface area contributed by atoms with E-state index in [0.717, 1.165) is 22.5 Å². The monoisotopic (exact) mass is 433 g/mol. The number of amides is 1. The largest absolute Gasteiger partial charge is 0.467 e. The maximum Gasteiger partial charge on any atom is 0.316 e. The van der Waals surface area contributed by atoms with Gasteiger partial charge in [-0.3, -0.25) is 4.79 Å². The number of piperazine rings is 1. The summed E-state index contributed by atoms with van der Waals surface area (Å²) in [4.78, 5) is 25.0. The molecule has 0 unspecified atom stereocenters. The average Bonchev–Trinajstić information content (AvgIpc) is 2.82. The minimum absolute atomic E-state index is 0.0311. The molecule has 2 aromatic rings. The van der Waals surface area contributed by atoms with E-state index in [9.17, 15) is 10.1 Å². The molecule has 0 atom stereocenters. The van der Waals surface area contributed by atoms with Crippen LogP contribution in [0, 0.1) is 16.7 Å². The molecule has 0 radical (unpaired) electrons. The number of hydrogen-bond acceptors (Lipinski definition) is 8. The lowest BCUT2D eigenvalue weighted by atomic mass is 10.0. The summed E-state index contributed by atoms with van der Waals surface area (Å²) in [5.74, 6) is 0.0311. The van der Waals surface area contributed by atoms with Gasteiger partial charge >= 0.3 is 6.01 Å². The van der Waals surface area contributed by atoms with E-state index in [0.29, 0.717) is 37.5 Å². The van der Waals surface area contributed by atoms with Gasteiger partial charge in [0.2, 0.25) is 5.91 Å². The SMILES string of the molecule is COc1ncc(-c2cc(C#N)ccc2N2CCN(C(=O)CN/C(C)=C\C(C)=N)CC2)cn1. The third kappa shape index (κ3) is 5.60. The van der Waals surface area contributed by atoms with Crippen molar-refractivity contribution in [3.05, 3.63) is 47.9 Å². The molecule has 3 rings (SSSR count). The van der Waals surface area contributed by atoms with Crippen LogP contribution in [-0.2, 0) is 4.79 Å². The van der Waals surface area contributed by atoms with E-state index in [4.69, 9.17) is 10.1 Å². The zero-order valence-electron chi connectivity index (χ0n) is 18.6. The predicted molar refractivity (Wildman–Crippen MR) is 123 cm³/mol. The fraction of sp³-hybridized carbons (Fsp3) is 0.348. The highest BCUT2D eigenvalue weighted by atomic mass is 16.5. The summed E-state index contributed by atoms with van der Waals surface area (Å²) in [6.07, 6.45) is 5.06. The van der Waals surface area contributed by atoms with Crippen molar-refractivity contribution in [2.75, 3.05) is 44.7 Å². The molecule has 1 aliphatic rings. The standard InChI is InChI=1S/C23H27N7O2/c1-16(25)10-17(2)26-15-22(31)30-8-6-29(7-9-30)21-5-4-18(12-24)11-20(21)19-13-27-23(32-3)28-14-19/h4-5,10-11,13-14,25-26H,6-9,15H2,1-3H3/b17-10-,25-16?. The molecule has 1 saturated heterocycles. The van der Waals surface area contributed by atoms with Crippen LogP contribution >= 0.6 is 0 Å². The Morgan fingerprint density at radius 1 is 1.25 bits per heavy atom. The van der Waals surface area contributed by atoms with E-state index in [2.05, 4.69) is 26.3 Å². The Morgan fingerprint density at radius 3 is 2.53 bits per heavy atom. The molecule has 9 nitrogen and oxygen atoms in total. The zero-order chi connectivity index (χ0) is 23.1. The van der Waals surface area contributed by atoms with Crippen molar-refractivity contribution >= 4 is 17.3 Å². The third-order valence-corrected chi connectivity index (χ3v) is 5.17. The van der Waals surface area contributed by atoms with Crippen molar-refractivity contribution in [2.45, 2.75) is 13.8 Å². The van der Waals surface area contributed by atoms with Crippen LogP contribution in [0.15, 0.2) is 42.4 Å². The van der Waals surface area contributed by atoms with Crippen molar-refractivity contribution in [3.63, 3.8) is 0 Å². The lowest BCUT2D eigenvalue weighted by Gasteiger charge is -2.37. The summed E-state index contributed by atoms with van der Waals surface area (Å²) in [6, 6.07) is 8.04. The highest BCUT2D eigenvalue weighted by Crippen LogP contribution is 2.32. The van der Waals surface area contributed by atoms with E-state index < -0.39 is 0 Å². The Hall–Kier alpha value is -3.93. The van der Waals surface area contributed by atoms with Gasteiger partial charge in [0, 0.05) is 66.8 Å². The smallest absolute Gasteiger partial charge is 0.316 e. The van der Waals surface area contributed by atoms with Crippen LogP contribution in [-0.4, -0.2) is 66.3 Å². The molecule has 1 aromatic carbocycles. The molecule has 1 amide bonds. The predicted octanol–water partition coefficient (Wildman–Crippen LogP) is 2.21. The van der Waals surface area contributed by atoms with Gasteiger partial charge in [-0.25, -0.2) is 9.97 Å². The molecule has 0 spiro atoms. The summed E-state index contributed by atoms with van der Waals surface area (Å²) in [6.45, 7) is 6.31. The fourth-order valence-corrected chi connectivity index (χ4v) is 3.57. The minimum Gasteiger partial charge on any atom is -0.467 e. The number of carbonyl (C=O) groups excluding carboxylic acids is 1. The molecule has 1 fully saturated rings. The number of nitrogens with zero attached hydrogens (tertiary/aromatic N) is 5. The highest BCUT2D eigenvalue weighted by molar-refractivity contribution is 5.90. The van der Waals surface area contributed by atoms with Gasteiger partial charge in [0.25, 0.3) is 0 Å². The first-order valence-electron chi connectivity index (χ1n) is 10.3. The first kappa shape index (κ1) is 22.7. The summed E-state index contributed by atoms with van der Waals surface area (Å²) < 4.78 is 5.04.